The minimum Gasteiger partial charge on any atom is -0.497 e. The molecule has 0 aliphatic carbocycles. The number of hydrogen-bond acceptors (Lipinski definition) is 3. The normalized spacial score (nSPS) is 11.9. The van der Waals surface area contributed by atoms with E-state index in [9.17, 15) is 4.79 Å². The summed E-state index contributed by atoms with van der Waals surface area (Å²) in [4.78, 5) is 11.9. The Labute approximate surface area is 115 Å². The summed E-state index contributed by atoms with van der Waals surface area (Å²) in [5.74, 6) is 1.33. The molecule has 1 rings (SSSR count). The van der Waals surface area contributed by atoms with Gasteiger partial charge in [-0.1, -0.05) is 19.4 Å². The van der Waals surface area contributed by atoms with Crippen LogP contribution in [-0.4, -0.2) is 19.6 Å². The third-order valence-electron chi connectivity index (χ3n) is 3.29. The largest absolute Gasteiger partial charge is 0.497 e. The molecule has 1 aromatic carbocycles. The molecule has 4 nitrogen and oxygen atoms in total. The lowest BCUT2D eigenvalue weighted by atomic mass is 9.96. The summed E-state index contributed by atoms with van der Waals surface area (Å²) >= 11 is 0. The van der Waals surface area contributed by atoms with E-state index in [1.54, 1.807) is 7.11 Å². The van der Waals surface area contributed by atoms with Crippen LogP contribution in [0.3, 0.4) is 0 Å². The second-order valence-corrected chi connectivity index (χ2v) is 4.67. The standard InChI is InChI=1S/C15H24N2O2/c1-3-12(9-10-16)7-8-15(18)17-13-5-4-6-14(11-13)19-2/h4-6,11-12H,3,7-10,16H2,1-2H3,(H,17,18). The fourth-order valence-electron chi connectivity index (χ4n) is 2.05. The van der Waals surface area contributed by atoms with Gasteiger partial charge < -0.3 is 15.8 Å². The lowest BCUT2D eigenvalue weighted by molar-refractivity contribution is -0.116. The van der Waals surface area contributed by atoms with Gasteiger partial charge in [0.1, 0.15) is 5.75 Å². The number of hydrogen-bond donors (Lipinski definition) is 2. The second-order valence-electron chi connectivity index (χ2n) is 4.67. The second kappa shape index (κ2) is 8.53. The highest BCUT2D eigenvalue weighted by molar-refractivity contribution is 5.90. The number of rotatable bonds is 8. The van der Waals surface area contributed by atoms with Gasteiger partial charge in [-0.05, 0) is 37.4 Å². The number of nitrogens with one attached hydrogen (secondary N) is 1. The first-order valence-corrected chi connectivity index (χ1v) is 6.83. The Hall–Kier alpha value is -1.55. The minimum atomic E-state index is 0.0451. The monoisotopic (exact) mass is 264 g/mol. The predicted octanol–water partition coefficient (Wildman–Crippen LogP) is 2.79. The molecule has 0 aliphatic heterocycles. The lowest BCUT2D eigenvalue weighted by Gasteiger charge is -2.13. The van der Waals surface area contributed by atoms with Gasteiger partial charge in [0, 0.05) is 18.2 Å². The third-order valence-corrected chi connectivity index (χ3v) is 3.29. The number of amides is 1. The van der Waals surface area contributed by atoms with Crippen LogP contribution in [0.2, 0.25) is 0 Å². The van der Waals surface area contributed by atoms with Crippen molar-refractivity contribution in [3.05, 3.63) is 24.3 Å². The molecule has 1 unspecified atom stereocenters. The highest BCUT2D eigenvalue weighted by Gasteiger charge is 2.09. The van der Waals surface area contributed by atoms with Crippen molar-refractivity contribution in [1.82, 2.24) is 0 Å². The van der Waals surface area contributed by atoms with Crippen LogP contribution in [0.25, 0.3) is 0 Å². The first-order valence-electron chi connectivity index (χ1n) is 6.83. The molecule has 0 spiro atoms. The van der Waals surface area contributed by atoms with Crippen LogP contribution in [0.15, 0.2) is 24.3 Å². The summed E-state index contributed by atoms with van der Waals surface area (Å²) in [6.07, 6.45) is 3.49. The number of nitrogens with two attached hydrogens (primary N) is 1. The molecule has 0 aliphatic rings. The van der Waals surface area contributed by atoms with Gasteiger partial charge >= 0.3 is 0 Å². The zero-order valence-electron chi connectivity index (χ0n) is 11.8. The minimum absolute atomic E-state index is 0.0451. The summed E-state index contributed by atoms with van der Waals surface area (Å²) < 4.78 is 5.12. The number of anilines is 1. The van der Waals surface area contributed by atoms with E-state index in [1.165, 1.54) is 0 Å². The molecule has 1 aromatic rings. The van der Waals surface area contributed by atoms with Crippen LogP contribution in [0, 0.1) is 5.92 Å². The van der Waals surface area contributed by atoms with Crippen molar-refractivity contribution in [2.75, 3.05) is 19.0 Å². The van der Waals surface area contributed by atoms with E-state index in [-0.39, 0.29) is 5.91 Å². The van der Waals surface area contributed by atoms with E-state index >= 15 is 0 Å². The average Bonchev–Trinajstić information content (AvgIpc) is 2.43. The van der Waals surface area contributed by atoms with Crippen LogP contribution in [-0.2, 0) is 4.79 Å². The molecule has 0 fully saturated rings. The Kier molecular flexibility index (Phi) is 6.97. The maximum atomic E-state index is 11.9. The Balaban J connectivity index is 2.41. The molecule has 3 N–H and O–H groups in total. The topological polar surface area (TPSA) is 64.4 Å². The van der Waals surface area contributed by atoms with Crippen molar-refractivity contribution >= 4 is 11.6 Å². The van der Waals surface area contributed by atoms with Gasteiger partial charge in [-0.2, -0.15) is 0 Å². The quantitative estimate of drug-likeness (QED) is 0.759. The molecule has 1 amide bonds. The van der Waals surface area contributed by atoms with Gasteiger partial charge in [-0.3, -0.25) is 4.79 Å². The van der Waals surface area contributed by atoms with Crippen molar-refractivity contribution in [1.29, 1.82) is 0 Å². The zero-order valence-corrected chi connectivity index (χ0v) is 11.8. The summed E-state index contributed by atoms with van der Waals surface area (Å²) in [6.45, 7) is 2.83. The molecule has 19 heavy (non-hydrogen) atoms. The highest BCUT2D eigenvalue weighted by atomic mass is 16.5. The van der Waals surface area contributed by atoms with E-state index in [4.69, 9.17) is 10.5 Å². The predicted molar refractivity (Wildman–Crippen MR) is 78.3 cm³/mol. The molecule has 0 heterocycles. The van der Waals surface area contributed by atoms with Crippen molar-refractivity contribution in [3.8, 4) is 5.75 Å². The average molecular weight is 264 g/mol. The Morgan fingerprint density at radius 2 is 2.21 bits per heavy atom. The molecule has 106 valence electrons. The van der Waals surface area contributed by atoms with Gasteiger partial charge in [-0.25, -0.2) is 0 Å². The van der Waals surface area contributed by atoms with Gasteiger partial charge in [0.25, 0.3) is 0 Å². The zero-order chi connectivity index (χ0) is 14.1. The number of benzene rings is 1. The van der Waals surface area contributed by atoms with Crippen molar-refractivity contribution in [3.63, 3.8) is 0 Å². The van der Waals surface area contributed by atoms with Crippen LogP contribution >= 0.6 is 0 Å². The Morgan fingerprint density at radius 1 is 1.42 bits per heavy atom. The number of carbonyl (C=O) groups excluding carboxylic acids is 1. The maximum Gasteiger partial charge on any atom is 0.224 e. The molecular weight excluding hydrogens is 240 g/mol. The molecule has 0 aromatic heterocycles. The van der Waals surface area contributed by atoms with Crippen molar-refractivity contribution in [2.24, 2.45) is 11.7 Å². The molecule has 0 saturated carbocycles. The Bertz CT molecular complexity index is 393. The highest BCUT2D eigenvalue weighted by Crippen LogP contribution is 2.18. The van der Waals surface area contributed by atoms with E-state index in [0.717, 1.165) is 30.7 Å². The number of carbonyl (C=O) groups is 1. The van der Waals surface area contributed by atoms with E-state index < -0.39 is 0 Å². The number of ether oxygens (including phenoxy) is 1. The van der Waals surface area contributed by atoms with E-state index in [1.807, 2.05) is 24.3 Å². The van der Waals surface area contributed by atoms with Gasteiger partial charge in [0.2, 0.25) is 5.91 Å². The van der Waals surface area contributed by atoms with Crippen LogP contribution in [0.1, 0.15) is 32.6 Å². The first-order chi connectivity index (χ1) is 9.19. The molecule has 0 bridgehead atoms. The summed E-state index contributed by atoms with van der Waals surface area (Å²) in [7, 11) is 1.61. The molecule has 4 heteroatoms. The van der Waals surface area contributed by atoms with Gasteiger partial charge in [0.15, 0.2) is 0 Å². The first kappa shape index (κ1) is 15.5. The lowest BCUT2D eigenvalue weighted by Crippen LogP contribution is -2.15. The van der Waals surface area contributed by atoms with Crippen LogP contribution in [0.4, 0.5) is 5.69 Å². The smallest absolute Gasteiger partial charge is 0.224 e. The molecule has 1 atom stereocenters. The van der Waals surface area contributed by atoms with Crippen molar-refractivity contribution in [2.45, 2.75) is 32.6 Å². The molecular formula is C15H24N2O2. The van der Waals surface area contributed by atoms with Crippen LogP contribution < -0.4 is 15.8 Å². The Morgan fingerprint density at radius 3 is 2.84 bits per heavy atom. The van der Waals surface area contributed by atoms with Gasteiger partial charge in [-0.15, -0.1) is 0 Å². The third kappa shape index (κ3) is 5.75. The maximum absolute atomic E-state index is 11.9. The van der Waals surface area contributed by atoms with Crippen molar-refractivity contribution < 1.29 is 9.53 Å². The summed E-state index contributed by atoms with van der Waals surface area (Å²) in [5.41, 5.74) is 6.33. The fraction of sp³-hybridized carbons (Fsp3) is 0.533. The van der Waals surface area contributed by atoms with E-state index in [0.29, 0.717) is 18.9 Å². The fourth-order valence-corrected chi connectivity index (χ4v) is 2.05. The molecule has 0 radical (unpaired) electrons. The van der Waals surface area contributed by atoms with Gasteiger partial charge in [0.05, 0.1) is 7.11 Å². The number of methoxy groups -OCH3 is 1. The summed E-state index contributed by atoms with van der Waals surface area (Å²) in [6, 6.07) is 7.38. The van der Waals surface area contributed by atoms with E-state index in [2.05, 4.69) is 12.2 Å². The summed E-state index contributed by atoms with van der Waals surface area (Å²) in [5, 5.41) is 2.89. The SMILES string of the molecule is CCC(CCN)CCC(=O)Nc1cccc(OC)c1. The molecule has 0 saturated heterocycles. The van der Waals surface area contributed by atoms with Crippen LogP contribution in [0.5, 0.6) is 5.75 Å².